The second kappa shape index (κ2) is 8.63. The van der Waals surface area contributed by atoms with Gasteiger partial charge in [-0.2, -0.15) is 0 Å². The number of esters is 1. The molecule has 3 rings (SSSR count). The number of ether oxygens (including phenoxy) is 1. The lowest BCUT2D eigenvalue weighted by Crippen LogP contribution is -2.43. The molecule has 0 saturated carbocycles. The normalized spacial score (nSPS) is 16.2. The van der Waals surface area contributed by atoms with E-state index >= 15 is 0 Å². The third-order valence-electron chi connectivity index (χ3n) is 4.45. The molecule has 1 N–H and O–H groups in total. The number of hydrogen-bond donors (Lipinski definition) is 1. The van der Waals surface area contributed by atoms with Gasteiger partial charge in [-0.1, -0.05) is 47.5 Å². The Labute approximate surface area is 172 Å². The molecule has 1 aliphatic heterocycles. The smallest absolute Gasteiger partial charge is 0.311 e. The van der Waals surface area contributed by atoms with Crippen molar-refractivity contribution in [2.45, 2.75) is 20.0 Å². The first-order chi connectivity index (χ1) is 13.3. The molecule has 2 amide bonds. The second-order valence-electron chi connectivity index (χ2n) is 6.52. The first kappa shape index (κ1) is 20.2. The molecule has 28 heavy (non-hydrogen) atoms. The lowest BCUT2D eigenvalue weighted by molar-refractivity contribution is -0.149. The Morgan fingerprint density at radius 1 is 1.18 bits per heavy atom. The fourth-order valence-electron chi connectivity index (χ4n) is 2.89. The first-order valence-corrected chi connectivity index (χ1v) is 9.38. The molecule has 0 bridgehead atoms. The van der Waals surface area contributed by atoms with Crippen LogP contribution in [0.4, 0.5) is 0 Å². The van der Waals surface area contributed by atoms with Gasteiger partial charge in [0.2, 0.25) is 5.91 Å². The van der Waals surface area contributed by atoms with Gasteiger partial charge in [0.25, 0.3) is 5.91 Å². The van der Waals surface area contributed by atoms with Gasteiger partial charge >= 0.3 is 5.97 Å². The maximum absolute atomic E-state index is 12.4. The van der Waals surface area contributed by atoms with Crippen LogP contribution in [0.1, 0.15) is 27.9 Å². The first-order valence-electron chi connectivity index (χ1n) is 8.62. The molecule has 0 radical (unpaired) electrons. The minimum atomic E-state index is -0.646. The highest BCUT2D eigenvalue weighted by Gasteiger charge is 2.36. The highest BCUT2D eigenvalue weighted by atomic mass is 35.5. The monoisotopic (exact) mass is 420 g/mol. The number of rotatable bonds is 5. The van der Waals surface area contributed by atoms with E-state index in [0.717, 1.165) is 5.56 Å². The zero-order valence-corrected chi connectivity index (χ0v) is 16.6. The van der Waals surface area contributed by atoms with Crippen molar-refractivity contribution in [2.24, 2.45) is 5.92 Å². The predicted molar refractivity (Wildman–Crippen MR) is 105 cm³/mol. The van der Waals surface area contributed by atoms with Crippen molar-refractivity contribution in [3.8, 4) is 0 Å². The van der Waals surface area contributed by atoms with Crippen LogP contribution in [-0.4, -0.2) is 29.3 Å². The van der Waals surface area contributed by atoms with E-state index in [4.69, 9.17) is 27.9 Å². The van der Waals surface area contributed by atoms with Crippen LogP contribution in [0.25, 0.3) is 0 Å². The van der Waals surface area contributed by atoms with Crippen molar-refractivity contribution in [1.82, 2.24) is 10.4 Å². The Kier molecular flexibility index (Phi) is 6.21. The molecule has 8 heteroatoms. The van der Waals surface area contributed by atoms with Gasteiger partial charge in [-0.15, -0.1) is 0 Å². The van der Waals surface area contributed by atoms with Gasteiger partial charge in [0.05, 0.1) is 22.5 Å². The van der Waals surface area contributed by atoms with Gasteiger partial charge in [-0.25, -0.2) is 0 Å². The van der Waals surface area contributed by atoms with Gasteiger partial charge < -0.3 is 4.74 Å². The van der Waals surface area contributed by atoms with Crippen LogP contribution < -0.4 is 5.43 Å². The van der Waals surface area contributed by atoms with Crippen molar-refractivity contribution in [3.63, 3.8) is 0 Å². The average molecular weight is 421 g/mol. The Morgan fingerprint density at radius 3 is 2.64 bits per heavy atom. The number of hydrogen-bond acceptors (Lipinski definition) is 4. The molecule has 0 unspecified atom stereocenters. The topological polar surface area (TPSA) is 75.7 Å². The van der Waals surface area contributed by atoms with E-state index in [-0.39, 0.29) is 25.5 Å². The van der Waals surface area contributed by atoms with Crippen LogP contribution in [0.5, 0.6) is 0 Å². The standard InChI is InChI=1S/C20H18Cl2N2O4/c1-12-4-2-3-5-15(12)19(26)23-24-10-14(9-18(24)25)20(27)28-11-13-6-7-16(21)17(22)8-13/h2-8,14H,9-11H2,1H3,(H,23,26)/t14-/m0/s1. The van der Waals surface area contributed by atoms with Crippen molar-refractivity contribution in [2.75, 3.05) is 6.54 Å². The third-order valence-corrected chi connectivity index (χ3v) is 5.19. The summed E-state index contributed by atoms with van der Waals surface area (Å²) in [5, 5.41) is 1.95. The molecule has 6 nitrogen and oxygen atoms in total. The summed E-state index contributed by atoms with van der Waals surface area (Å²) in [7, 11) is 0. The molecule has 146 valence electrons. The van der Waals surface area contributed by atoms with Crippen molar-refractivity contribution in [3.05, 3.63) is 69.2 Å². The summed E-state index contributed by atoms with van der Waals surface area (Å²) in [6.45, 7) is 1.90. The minimum absolute atomic E-state index is 0.0196. The molecular formula is C20H18Cl2N2O4. The fraction of sp³-hybridized carbons (Fsp3) is 0.250. The zero-order chi connectivity index (χ0) is 20.3. The molecule has 2 aromatic carbocycles. The summed E-state index contributed by atoms with van der Waals surface area (Å²) in [5.41, 5.74) is 4.52. The zero-order valence-electron chi connectivity index (χ0n) is 15.1. The molecule has 0 aromatic heterocycles. The molecule has 1 heterocycles. The van der Waals surface area contributed by atoms with Crippen molar-refractivity contribution >= 4 is 41.0 Å². The molecule has 0 aliphatic carbocycles. The Morgan fingerprint density at radius 2 is 1.93 bits per heavy atom. The summed E-state index contributed by atoms with van der Waals surface area (Å²) in [6, 6.07) is 12.0. The Hall–Kier alpha value is -2.57. The number of benzene rings is 2. The average Bonchev–Trinajstić information content (AvgIpc) is 3.03. The molecule has 1 fully saturated rings. The van der Waals surface area contributed by atoms with E-state index < -0.39 is 17.8 Å². The Balaban J connectivity index is 1.56. The number of amides is 2. The van der Waals surface area contributed by atoms with E-state index in [0.29, 0.717) is 21.2 Å². The van der Waals surface area contributed by atoms with E-state index in [2.05, 4.69) is 5.43 Å². The number of nitrogens with zero attached hydrogens (tertiary/aromatic N) is 1. The van der Waals surface area contributed by atoms with Crippen LogP contribution in [0, 0.1) is 12.8 Å². The van der Waals surface area contributed by atoms with Gasteiger partial charge in [0, 0.05) is 12.0 Å². The van der Waals surface area contributed by atoms with Crippen molar-refractivity contribution in [1.29, 1.82) is 0 Å². The van der Waals surface area contributed by atoms with Gasteiger partial charge in [-0.05, 0) is 36.2 Å². The molecule has 1 saturated heterocycles. The molecule has 1 atom stereocenters. The molecule has 0 spiro atoms. The summed E-state index contributed by atoms with van der Waals surface area (Å²) in [4.78, 5) is 36.8. The van der Waals surface area contributed by atoms with E-state index in [1.807, 2.05) is 19.1 Å². The Bertz CT molecular complexity index is 932. The van der Waals surface area contributed by atoms with Crippen LogP contribution in [0.3, 0.4) is 0 Å². The van der Waals surface area contributed by atoms with E-state index in [9.17, 15) is 14.4 Å². The largest absolute Gasteiger partial charge is 0.461 e. The number of carbonyl (C=O) groups is 3. The van der Waals surface area contributed by atoms with Crippen LogP contribution in [-0.2, 0) is 20.9 Å². The molecular weight excluding hydrogens is 403 g/mol. The second-order valence-corrected chi connectivity index (χ2v) is 7.33. The lowest BCUT2D eigenvalue weighted by atomic mass is 10.1. The fourth-order valence-corrected chi connectivity index (χ4v) is 3.21. The predicted octanol–water partition coefficient (Wildman–Crippen LogP) is 3.54. The quantitative estimate of drug-likeness (QED) is 0.750. The van der Waals surface area contributed by atoms with E-state index in [1.165, 1.54) is 5.01 Å². The van der Waals surface area contributed by atoms with Crippen molar-refractivity contribution < 1.29 is 19.1 Å². The summed E-state index contributed by atoms with van der Waals surface area (Å²) < 4.78 is 5.28. The SMILES string of the molecule is Cc1ccccc1C(=O)NN1C[C@@H](C(=O)OCc2ccc(Cl)c(Cl)c2)CC1=O. The lowest BCUT2D eigenvalue weighted by Gasteiger charge is -2.18. The number of hydrazine groups is 1. The third kappa shape index (κ3) is 4.64. The number of aryl methyl sites for hydroxylation is 1. The maximum Gasteiger partial charge on any atom is 0.311 e. The van der Waals surface area contributed by atoms with Gasteiger partial charge in [0.15, 0.2) is 0 Å². The number of halogens is 2. The minimum Gasteiger partial charge on any atom is -0.461 e. The number of nitrogens with one attached hydrogen (secondary N) is 1. The van der Waals surface area contributed by atoms with Gasteiger partial charge in [-0.3, -0.25) is 24.8 Å². The highest BCUT2D eigenvalue weighted by molar-refractivity contribution is 6.42. The number of carbonyl (C=O) groups excluding carboxylic acids is 3. The molecule has 2 aromatic rings. The summed E-state index contributed by atoms with van der Waals surface area (Å²) in [6.07, 6.45) is -0.0196. The van der Waals surface area contributed by atoms with Crippen LogP contribution in [0.15, 0.2) is 42.5 Å². The maximum atomic E-state index is 12.4. The summed E-state index contributed by atoms with van der Waals surface area (Å²) >= 11 is 11.8. The van der Waals surface area contributed by atoms with Gasteiger partial charge in [0.1, 0.15) is 6.61 Å². The van der Waals surface area contributed by atoms with E-state index in [1.54, 1.807) is 30.3 Å². The highest BCUT2D eigenvalue weighted by Crippen LogP contribution is 2.24. The molecule has 1 aliphatic rings. The van der Waals surface area contributed by atoms with Crippen LogP contribution >= 0.6 is 23.2 Å². The van der Waals surface area contributed by atoms with Crippen LogP contribution in [0.2, 0.25) is 10.0 Å². The summed E-state index contributed by atoms with van der Waals surface area (Å²) in [5.74, 6) is -1.88.